The maximum Gasteiger partial charge on any atom is 0.269 e. The first-order valence-electron chi connectivity index (χ1n) is 6.51. The van der Waals surface area contributed by atoms with Gasteiger partial charge in [-0.15, -0.1) is 11.3 Å². The second-order valence-electron chi connectivity index (χ2n) is 4.37. The number of nitrogens with zero attached hydrogens (tertiary/aromatic N) is 3. The van der Waals surface area contributed by atoms with Crippen LogP contribution in [0.3, 0.4) is 0 Å². The third-order valence-electron chi connectivity index (χ3n) is 2.96. The van der Waals surface area contributed by atoms with E-state index >= 15 is 0 Å². The fourth-order valence-corrected chi connectivity index (χ4v) is 2.99. The van der Waals surface area contributed by atoms with Gasteiger partial charge in [0.05, 0.1) is 17.7 Å². The van der Waals surface area contributed by atoms with E-state index in [1.54, 1.807) is 6.08 Å². The van der Waals surface area contributed by atoms with E-state index in [1.807, 2.05) is 42.5 Å². The lowest BCUT2D eigenvalue weighted by atomic mass is 10.2. The van der Waals surface area contributed by atoms with Crippen molar-refractivity contribution in [1.82, 2.24) is 4.57 Å². The Morgan fingerprint density at radius 3 is 2.59 bits per heavy atom. The Bertz CT molecular complexity index is 896. The molecular weight excluding hydrogens is 298 g/mol. The molecule has 0 fully saturated rings. The highest BCUT2D eigenvalue weighted by Gasteiger charge is 2.08. The van der Waals surface area contributed by atoms with Gasteiger partial charge in [-0.3, -0.25) is 9.36 Å². The SMILES string of the molecule is COCCn1c(=C(C#N)C#N)s/c(=C/c2ccccc2)c1=O. The topological polar surface area (TPSA) is 78.8 Å². The summed E-state index contributed by atoms with van der Waals surface area (Å²) >= 11 is 1.15. The lowest BCUT2D eigenvalue weighted by molar-refractivity contribution is 0.186. The molecule has 0 amide bonds. The molecule has 0 aliphatic rings. The predicted octanol–water partition coefficient (Wildman–Crippen LogP) is 0.583. The van der Waals surface area contributed by atoms with Crippen molar-refractivity contribution < 1.29 is 4.74 Å². The van der Waals surface area contributed by atoms with E-state index in [2.05, 4.69) is 0 Å². The molecule has 1 aromatic carbocycles. The highest BCUT2D eigenvalue weighted by atomic mass is 32.1. The van der Waals surface area contributed by atoms with Crippen molar-refractivity contribution in [2.24, 2.45) is 0 Å². The standard InChI is InChI=1S/C16H13N3O2S/c1-21-8-7-19-15(20)14(9-12-5-3-2-4-6-12)22-16(19)13(10-17)11-18/h2-6,9H,7-8H2,1H3/b14-9+. The normalized spacial score (nSPS) is 11.0. The zero-order valence-corrected chi connectivity index (χ0v) is 12.8. The number of rotatable bonds is 4. The second kappa shape index (κ2) is 7.37. The second-order valence-corrected chi connectivity index (χ2v) is 5.41. The Balaban J connectivity index is 2.73. The van der Waals surface area contributed by atoms with Gasteiger partial charge in [0, 0.05) is 7.11 Å². The number of ether oxygens (including phenoxy) is 1. The summed E-state index contributed by atoms with van der Waals surface area (Å²) in [4.78, 5) is 12.5. The van der Waals surface area contributed by atoms with E-state index in [0.29, 0.717) is 22.3 Å². The van der Waals surface area contributed by atoms with Gasteiger partial charge >= 0.3 is 0 Å². The van der Waals surface area contributed by atoms with E-state index in [9.17, 15) is 4.79 Å². The van der Waals surface area contributed by atoms with Gasteiger partial charge in [0.25, 0.3) is 5.56 Å². The molecule has 2 rings (SSSR count). The predicted molar refractivity (Wildman–Crippen MR) is 84.3 cm³/mol. The summed E-state index contributed by atoms with van der Waals surface area (Å²) in [6.07, 6.45) is 1.76. The minimum atomic E-state index is -0.219. The van der Waals surface area contributed by atoms with Crippen LogP contribution in [0.2, 0.25) is 0 Å². The van der Waals surface area contributed by atoms with Gasteiger partial charge in [-0.25, -0.2) is 0 Å². The zero-order valence-electron chi connectivity index (χ0n) is 11.9. The molecule has 22 heavy (non-hydrogen) atoms. The Hall–Kier alpha value is -2.67. The Kier molecular flexibility index (Phi) is 5.26. The zero-order chi connectivity index (χ0) is 15.9. The van der Waals surface area contributed by atoms with Crippen LogP contribution in [0, 0.1) is 22.7 Å². The van der Waals surface area contributed by atoms with Gasteiger partial charge in [-0.05, 0) is 11.6 Å². The number of nitriles is 2. The maximum atomic E-state index is 12.5. The van der Waals surface area contributed by atoms with Crippen molar-refractivity contribution in [1.29, 1.82) is 10.5 Å². The molecule has 0 N–H and O–H groups in total. The van der Waals surface area contributed by atoms with Crippen molar-refractivity contribution in [3.63, 3.8) is 0 Å². The van der Waals surface area contributed by atoms with Gasteiger partial charge in [-0.2, -0.15) is 10.5 Å². The quantitative estimate of drug-likeness (QED) is 0.827. The first-order valence-corrected chi connectivity index (χ1v) is 7.32. The van der Waals surface area contributed by atoms with Crippen LogP contribution in [0.5, 0.6) is 0 Å². The van der Waals surface area contributed by atoms with E-state index in [1.165, 1.54) is 11.7 Å². The fraction of sp³-hybridized carbons (Fsp3) is 0.188. The van der Waals surface area contributed by atoms with Crippen molar-refractivity contribution in [2.75, 3.05) is 13.7 Å². The third-order valence-corrected chi connectivity index (χ3v) is 4.09. The van der Waals surface area contributed by atoms with Crippen molar-refractivity contribution in [2.45, 2.75) is 6.54 Å². The molecule has 110 valence electrons. The van der Waals surface area contributed by atoms with Crippen LogP contribution in [0.1, 0.15) is 5.56 Å². The van der Waals surface area contributed by atoms with Crippen LogP contribution < -0.4 is 14.8 Å². The monoisotopic (exact) mass is 311 g/mol. The third kappa shape index (κ3) is 3.32. The van der Waals surface area contributed by atoms with Crippen molar-refractivity contribution in [3.8, 4) is 12.1 Å². The molecule has 0 spiro atoms. The molecule has 1 aromatic heterocycles. The molecule has 2 aromatic rings. The van der Waals surface area contributed by atoms with Crippen LogP contribution in [-0.2, 0) is 11.3 Å². The average molecular weight is 311 g/mol. The van der Waals surface area contributed by atoms with Crippen LogP contribution >= 0.6 is 11.3 Å². The first-order chi connectivity index (χ1) is 10.7. The largest absolute Gasteiger partial charge is 0.383 e. The molecule has 0 aliphatic carbocycles. The van der Waals surface area contributed by atoms with E-state index < -0.39 is 0 Å². The van der Waals surface area contributed by atoms with Crippen molar-refractivity contribution >= 4 is 23.0 Å². The maximum absolute atomic E-state index is 12.5. The smallest absolute Gasteiger partial charge is 0.269 e. The number of thiazole rings is 1. The summed E-state index contributed by atoms with van der Waals surface area (Å²) in [6, 6.07) is 13.1. The molecule has 0 saturated carbocycles. The number of methoxy groups -OCH3 is 1. The van der Waals surface area contributed by atoms with Crippen LogP contribution in [-0.4, -0.2) is 18.3 Å². The molecule has 0 radical (unpaired) electrons. The van der Waals surface area contributed by atoms with Gasteiger partial charge in [0.1, 0.15) is 16.8 Å². The first kappa shape index (κ1) is 15.7. The van der Waals surface area contributed by atoms with Gasteiger partial charge in [-0.1, -0.05) is 30.3 Å². The summed E-state index contributed by atoms with van der Waals surface area (Å²) in [7, 11) is 1.54. The Morgan fingerprint density at radius 1 is 1.32 bits per heavy atom. The molecule has 0 saturated heterocycles. The molecule has 5 nitrogen and oxygen atoms in total. The summed E-state index contributed by atoms with van der Waals surface area (Å²) in [5.41, 5.74) is 0.608. The lowest BCUT2D eigenvalue weighted by Crippen LogP contribution is -2.33. The average Bonchev–Trinajstić information content (AvgIpc) is 2.84. The Morgan fingerprint density at radius 2 is 2.00 bits per heavy atom. The summed E-state index contributed by atoms with van der Waals surface area (Å²) in [5.74, 6) is 0. The number of hydrogen-bond acceptors (Lipinski definition) is 5. The van der Waals surface area contributed by atoms with Crippen LogP contribution in [0.15, 0.2) is 35.1 Å². The van der Waals surface area contributed by atoms with E-state index in [4.69, 9.17) is 15.3 Å². The number of aromatic nitrogens is 1. The lowest BCUT2D eigenvalue weighted by Gasteiger charge is -1.99. The molecule has 6 heteroatoms. The van der Waals surface area contributed by atoms with Gasteiger partial charge in [0.2, 0.25) is 0 Å². The highest BCUT2D eigenvalue weighted by molar-refractivity contribution is 7.07. The molecule has 1 heterocycles. The summed E-state index contributed by atoms with van der Waals surface area (Å²) < 4.78 is 7.27. The minimum Gasteiger partial charge on any atom is -0.383 e. The molecule has 0 atom stereocenters. The number of benzene rings is 1. The number of hydrogen-bond donors (Lipinski definition) is 0. The van der Waals surface area contributed by atoms with E-state index in [0.717, 1.165) is 16.9 Å². The fourth-order valence-electron chi connectivity index (χ4n) is 1.91. The van der Waals surface area contributed by atoms with Crippen molar-refractivity contribution in [3.05, 3.63) is 55.4 Å². The van der Waals surface area contributed by atoms with Crippen LogP contribution in [0.4, 0.5) is 0 Å². The molecular formula is C16H13N3O2S. The Labute approximate surface area is 131 Å². The summed E-state index contributed by atoms with van der Waals surface area (Å²) in [6.45, 7) is 0.634. The molecule has 0 bridgehead atoms. The molecule has 0 aliphatic heterocycles. The summed E-state index contributed by atoms with van der Waals surface area (Å²) in [5, 5.41) is 18.1. The van der Waals surface area contributed by atoms with Crippen LogP contribution in [0.25, 0.3) is 11.6 Å². The molecule has 0 unspecified atom stereocenters. The van der Waals surface area contributed by atoms with E-state index in [-0.39, 0.29) is 11.1 Å². The minimum absolute atomic E-state index is 0.0640. The highest BCUT2D eigenvalue weighted by Crippen LogP contribution is 1.98. The van der Waals surface area contributed by atoms with Gasteiger partial charge < -0.3 is 4.74 Å². The van der Waals surface area contributed by atoms with Gasteiger partial charge in [0.15, 0.2) is 5.57 Å².